The molecule has 10 amide bonds. The number of H-pyrrole nitrogens is 1. The molecule has 0 aliphatic heterocycles. The lowest BCUT2D eigenvalue weighted by molar-refractivity contribution is -0.144. The SMILES string of the molecule is CC[C@H](C)[C@H](NC(=O)[C@H](CC(N)=O)NC(=O)[C@H](CC(=O)O)NC(=O)[C@H](CCCCN)NC(=O)[C@H](Cc1cnc[nH]1)NC(=O)[C@H](CCC(=O)O)NC(=O)[C@H](CCCN=C(N)N)NC(=O)[C@@H](NC(=O)[C@H](Cc1ccc(O)cc1)NC(=O)[C@@H](N)CC(=O)O)C(C)C)C(=O)O. The maximum atomic E-state index is 14.5. The summed E-state index contributed by atoms with van der Waals surface area (Å²) in [6.45, 7) is 6.17. The van der Waals surface area contributed by atoms with E-state index in [-0.39, 0.29) is 75.4 Å². The van der Waals surface area contributed by atoms with Crippen molar-refractivity contribution < 1.29 is 92.7 Å². The van der Waals surface area contributed by atoms with E-state index in [4.69, 9.17) is 28.7 Å². The zero-order valence-electron chi connectivity index (χ0n) is 50.7. The molecule has 1 aromatic heterocycles. The number of nitrogens with two attached hydrogens (primary N) is 5. The lowest BCUT2D eigenvalue weighted by Crippen LogP contribution is -2.61. The van der Waals surface area contributed by atoms with Crippen molar-refractivity contribution in [3.63, 3.8) is 0 Å². The van der Waals surface area contributed by atoms with E-state index in [1.165, 1.54) is 57.6 Å². The Kier molecular flexibility index (Phi) is 33.1. The minimum Gasteiger partial charge on any atom is -0.508 e. The fourth-order valence-corrected chi connectivity index (χ4v) is 8.68. The molecule has 0 bridgehead atoms. The first-order chi connectivity index (χ1) is 42.8. The van der Waals surface area contributed by atoms with Gasteiger partial charge in [0.15, 0.2) is 5.96 Å². The summed E-state index contributed by atoms with van der Waals surface area (Å²) in [4.78, 5) is 196. The molecule has 0 fully saturated rings. The third kappa shape index (κ3) is 28.8. The van der Waals surface area contributed by atoms with E-state index in [0.29, 0.717) is 5.56 Å². The van der Waals surface area contributed by atoms with Crippen LogP contribution in [0.1, 0.15) is 110 Å². The molecule has 36 heteroatoms. The topological polar surface area (TPSA) is 620 Å². The molecule has 2 rings (SSSR count). The van der Waals surface area contributed by atoms with Crippen molar-refractivity contribution in [2.75, 3.05) is 13.1 Å². The predicted octanol–water partition coefficient (Wildman–Crippen LogP) is -5.75. The van der Waals surface area contributed by atoms with Crippen LogP contribution in [-0.2, 0) is 80.0 Å². The standard InChI is InChI=1S/C55H85N17O19/c1-5-27(4)44(54(90)91)72-52(88)37(22-39(58)74)69-50(86)38(23-42(79)80)70-47(83)32(9-6-7-17-56)64-49(85)36(20-29-24-61-25-63-29)68-48(84)34(15-16-40(75)76)65-46(82)33(10-8-18-62-55(59)60)66-53(89)43(26(2)3)71-51(87)35(19-28-11-13-30(73)14-12-28)67-45(81)31(57)21-41(77)78/h11-14,24-27,31-38,43-44,73H,5-10,15-23,56-57H2,1-4H3,(H2,58,74)(H,61,63)(H,64,85)(H,65,82)(H,66,89)(H,67,81)(H,68,84)(H,69,86)(H,70,83)(H,71,87)(H,72,88)(H,75,76)(H,77,78)(H,79,80)(H,90,91)(H4,59,60,62)/t27-,31-,32-,33-,34-,35-,36-,37-,38-,43-,44-/m0/s1. The molecule has 1 aromatic carbocycles. The number of primary amides is 1. The summed E-state index contributed by atoms with van der Waals surface area (Å²) >= 11 is 0. The van der Waals surface area contributed by atoms with Crippen LogP contribution < -0.4 is 76.5 Å². The van der Waals surface area contributed by atoms with Gasteiger partial charge in [0.1, 0.15) is 60.1 Å². The van der Waals surface area contributed by atoms with Crippen LogP contribution in [0.2, 0.25) is 0 Å². The summed E-state index contributed by atoms with van der Waals surface area (Å²) in [5, 5.41) is 69.7. The number of carbonyl (C=O) groups is 14. The lowest BCUT2D eigenvalue weighted by atomic mass is 9.98. The number of guanidine groups is 1. The number of nitrogens with zero attached hydrogens (tertiary/aromatic N) is 2. The van der Waals surface area contributed by atoms with Crippen molar-refractivity contribution in [1.29, 1.82) is 0 Å². The zero-order chi connectivity index (χ0) is 68.7. The molecule has 0 saturated heterocycles. The van der Waals surface area contributed by atoms with E-state index < -0.39 is 194 Å². The van der Waals surface area contributed by atoms with Crippen LogP contribution in [0.15, 0.2) is 41.8 Å². The van der Waals surface area contributed by atoms with Crippen molar-refractivity contribution in [2.45, 2.75) is 172 Å². The molecular formula is C55H85N17O19. The van der Waals surface area contributed by atoms with Gasteiger partial charge < -0.3 is 107 Å². The van der Waals surface area contributed by atoms with Gasteiger partial charge in [0.25, 0.3) is 0 Å². The second kappa shape index (κ2) is 39.1. The molecule has 0 aliphatic carbocycles. The van der Waals surface area contributed by atoms with Gasteiger partial charge in [-0.2, -0.15) is 0 Å². The fraction of sp³-hybridized carbons (Fsp3) is 0.564. The summed E-state index contributed by atoms with van der Waals surface area (Å²) < 4.78 is 0. The number of phenolic OH excluding ortho intramolecular Hbond substituents is 1. The molecule has 11 atom stereocenters. The number of aliphatic carboxylic acids is 4. The second-order valence-electron chi connectivity index (χ2n) is 21.7. The number of carboxylic acid groups (broad SMARTS) is 4. The van der Waals surface area contributed by atoms with Gasteiger partial charge in [-0.05, 0) is 74.6 Å². The Morgan fingerprint density at radius 2 is 1.00 bits per heavy atom. The third-order valence-corrected chi connectivity index (χ3v) is 13.9. The number of hydrogen-bond acceptors (Lipinski definition) is 19. The fourth-order valence-electron chi connectivity index (χ4n) is 8.68. The number of benzene rings is 1. The summed E-state index contributed by atoms with van der Waals surface area (Å²) in [7, 11) is 0. The number of amides is 10. The smallest absolute Gasteiger partial charge is 0.326 e. The number of hydrogen-bond donors (Lipinski definition) is 20. The average Bonchev–Trinajstić information content (AvgIpc) is 1.51. The van der Waals surface area contributed by atoms with Gasteiger partial charge in [0, 0.05) is 37.7 Å². The average molecular weight is 1290 g/mol. The Hall–Kier alpha value is -10.0. The Bertz CT molecular complexity index is 2870. The minimum atomic E-state index is -2.03. The number of aliphatic imine (C=N–C) groups is 1. The molecular weight excluding hydrogens is 1200 g/mol. The van der Waals surface area contributed by atoms with Crippen LogP contribution in [0, 0.1) is 11.8 Å². The van der Waals surface area contributed by atoms with Crippen molar-refractivity contribution in [3.05, 3.63) is 48.0 Å². The van der Waals surface area contributed by atoms with Gasteiger partial charge in [-0.25, -0.2) is 9.78 Å². The van der Waals surface area contributed by atoms with E-state index in [0.717, 1.165) is 0 Å². The van der Waals surface area contributed by atoms with Crippen molar-refractivity contribution in [3.8, 4) is 5.75 Å². The molecule has 0 radical (unpaired) electrons. The van der Waals surface area contributed by atoms with Crippen LogP contribution >= 0.6 is 0 Å². The molecule has 0 aliphatic rings. The molecule has 1 heterocycles. The molecule has 0 spiro atoms. The number of aromatic hydroxyl groups is 1. The Balaban J connectivity index is 2.58. The molecule has 91 heavy (non-hydrogen) atoms. The number of unbranched alkanes of at least 4 members (excludes halogenated alkanes) is 1. The molecule has 25 N–H and O–H groups in total. The largest absolute Gasteiger partial charge is 0.508 e. The van der Waals surface area contributed by atoms with Gasteiger partial charge in [-0.1, -0.05) is 46.2 Å². The van der Waals surface area contributed by atoms with Crippen LogP contribution in [0.4, 0.5) is 0 Å². The number of nitrogens with one attached hydrogen (secondary N) is 10. The summed E-state index contributed by atoms with van der Waals surface area (Å²) in [6.07, 6.45) is -2.35. The van der Waals surface area contributed by atoms with E-state index >= 15 is 0 Å². The molecule has 0 unspecified atom stereocenters. The predicted molar refractivity (Wildman–Crippen MR) is 319 cm³/mol. The first-order valence-electron chi connectivity index (χ1n) is 28.9. The van der Waals surface area contributed by atoms with Crippen molar-refractivity contribution in [1.82, 2.24) is 57.8 Å². The maximum absolute atomic E-state index is 14.5. The summed E-state index contributed by atoms with van der Waals surface area (Å²) in [6, 6.07) is -11.3. The Morgan fingerprint density at radius 1 is 0.538 bits per heavy atom. The highest BCUT2D eigenvalue weighted by molar-refractivity contribution is 6.00. The van der Waals surface area contributed by atoms with Gasteiger partial charge in [0.2, 0.25) is 59.1 Å². The van der Waals surface area contributed by atoms with Gasteiger partial charge in [0.05, 0.1) is 31.6 Å². The number of rotatable bonds is 43. The summed E-state index contributed by atoms with van der Waals surface area (Å²) in [5.41, 5.74) is 28.4. The number of aromatic nitrogens is 2. The highest BCUT2D eigenvalue weighted by atomic mass is 16.4. The van der Waals surface area contributed by atoms with E-state index in [1.807, 2.05) is 0 Å². The number of carboxylic acids is 4. The second-order valence-corrected chi connectivity index (χ2v) is 21.7. The highest BCUT2D eigenvalue weighted by Crippen LogP contribution is 2.15. The normalized spacial score (nSPS) is 14.6. The van der Waals surface area contributed by atoms with Crippen molar-refractivity contribution >= 4 is 88.9 Å². The van der Waals surface area contributed by atoms with E-state index in [1.54, 1.807) is 6.92 Å². The van der Waals surface area contributed by atoms with Crippen LogP contribution in [0.25, 0.3) is 0 Å². The van der Waals surface area contributed by atoms with Gasteiger partial charge in [-0.3, -0.25) is 67.3 Å². The number of aromatic amines is 1. The van der Waals surface area contributed by atoms with Gasteiger partial charge >= 0.3 is 23.9 Å². The lowest BCUT2D eigenvalue weighted by Gasteiger charge is -2.29. The van der Waals surface area contributed by atoms with E-state index in [2.05, 4.69) is 62.8 Å². The third-order valence-electron chi connectivity index (χ3n) is 13.9. The quantitative estimate of drug-likeness (QED) is 0.0167. The van der Waals surface area contributed by atoms with Crippen LogP contribution in [0.5, 0.6) is 5.75 Å². The molecule has 504 valence electrons. The maximum Gasteiger partial charge on any atom is 0.326 e. The van der Waals surface area contributed by atoms with E-state index in [9.17, 15) is 92.7 Å². The van der Waals surface area contributed by atoms with Crippen molar-refractivity contribution in [2.24, 2.45) is 45.5 Å². The van der Waals surface area contributed by atoms with Gasteiger partial charge in [-0.15, -0.1) is 0 Å². The number of carbonyl (C=O) groups excluding carboxylic acids is 10. The highest BCUT2D eigenvalue weighted by Gasteiger charge is 2.38. The summed E-state index contributed by atoms with van der Waals surface area (Å²) in [5.74, 6) is -19.1. The monoisotopic (exact) mass is 1290 g/mol. The first kappa shape index (κ1) is 77.1. The first-order valence-corrected chi connectivity index (χ1v) is 28.9. The Morgan fingerprint density at radius 3 is 1.49 bits per heavy atom. The molecule has 2 aromatic rings. The van der Waals surface area contributed by atoms with Crippen LogP contribution in [-0.4, -0.2) is 198 Å². The zero-order valence-corrected chi connectivity index (χ0v) is 50.7. The minimum absolute atomic E-state index is 0.0209. The molecule has 36 nitrogen and oxygen atoms in total. The van der Waals surface area contributed by atoms with Crippen LogP contribution in [0.3, 0.4) is 0 Å². The Labute approximate surface area is 521 Å². The number of imidazole rings is 1. The molecule has 0 saturated carbocycles. The number of phenols is 1.